The van der Waals surface area contributed by atoms with Gasteiger partial charge in [0.25, 0.3) is 0 Å². The van der Waals surface area contributed by atoms with E-state index in [1.807, 2.05) is 30.3 Å². The predicted molar refractivity (Wildman–Crippen MR) is 110 cm³/mol. The van der Waals surface area contributed by atoms with Crippen LogP contribution in [0.4, 0.5) is 10.6 Å². The van der Waals surface area contributed by atoms with E-state index < -0.39 is 6.09 Å². The molecule has 28 heavy (non-hydrogen) atoms. The van der Waals surface area contributed by atoms with Crippen molar-refractivity contribution in [1.82, 2.24) is 14.8 Å². The molecule has 0 bridgehead atoms. The molecule has 2 amide bonds. The van der Waals surface area contributed by atoms with Crippen LogP contribution >= 0.6 is 11.3 Å². The van der Waals surface area contributed by atoms with Crippen molar-refractivity contribution in [1.29, 1.82) is 0 Å². The number of carbonyl (C=O) groups excluding carboxylic acids is 2. The number of aromatic nitrogens is 1. The van der Waals surface area contributed by atoms with Crippen LogP contribution in [0, 0.1) is 0 Å². The molecule has 0 aliphatic carbocycles. The lowest BCUT2D eigenvalue weighted by Gasteiger charge is -2.31. The Morgan fingerprint density at radius 3 is 2.64 bits per heavy atom. The minimum absolute atomic E-state index is 0.111. The Hall–Kier alpha value is -2.45. The maximum absolute atomic E-state index is 12.3. The van der Waals surface area contributed by atoms with Crippen molar-refractivity contribution in [3.8, 4) is 10.4 Å². The van der Waals surface area contributed by atoms with Crippen LogP contribution in [0.15, 0.2) is 35.8 Å². The number of piperidine rings is 1. The van der Waals surface area contributed by atoms with E-state index in [1.165, 1.54) is 11.3 Å². The van der Waals surface area contributed by atoms with Gasteiger partial charge in [0.05, 0.1) is 10.4 Å². The number of rotatable bonds is 6. The van der Waals surface area contributed by atoms with Gasteiger partial charge < -0.3 is 14.5 Å². The molecule has 2 aromatic rings. The molecule has 0 unspecified atom stereocenters. The minimum Gasteiger partial charge on any atom is -0.446 e. The zero-order valence-electron chi connectivity index (χ0n) is 16.3. The first kappa shape index (κ1) is 20.3. The number of anilines is 1. The molecule has 1 aliphatic rings. The Bertz CT molecular complexity index is 786. The summed E-state index contributed by atoms with van der Waals surface area (Å²) in [5.41, 5.74) is 2.73. The highest BCUT2D eigenvalue weighted by molar-refractivity contribution is 7.13. The molecule has 3 rings (SSSR count). The number of carbonyl (C=O) groups is 2. The van der Waals surface area contributed by atoms with Gasteiger partial charge in [0.1, 0.15) is 6.10 Å². The number of hydrogen-bond donors (Lipinski definition) is 1. The van der Waals surface area contributed by atoms with Gasteiger partial charge in [-0.3, -0.25) is 10.1 Å². The van der Waals surface area contributed by atoms with Crippen molar-refractivity contribution >= 4 is 29.2 Å². The Kier molecular flexibility index (Phi) is 7.00. The summed E-state index contributed by atoms with van der Waals surface area (Å²) < 4.78 is 5.58. The van der Waals surface area contributed by atoms with Crippen LogP contribution in [0.5, 0.6) is 0 Å². The van der Waals surface area contributed by atoms with Crippen LogP contribution in [-0.4, -0.2) is 66.6 Å². The summed E-state index contributed by atoms with van der Waals surface area (Å²) in [6, 6.07) is 9.84. The van der Waals surface area contributed by atoms with Crippen LogP contribution in [0.1, 0.15) is 19.3 Å². The molecule has 1 fully saturated rings. The van der Waals surface area contributed by atoms with Gasteiger partial charge in [-0.1, -0.05) is 30.3 Å². The van der Waals surface area contributed by atoms with Gasteiger partial charge in [0, 0.05) is 40.2 Å². The Labute approximate surface area is 169 Å². The number of nitrogens with one attached hydrogen (secondary N) is 1. The molecule has 1 saturated heterocycles. The summed E-state index contributed by atoms with van der Waals surface area (Å²) in [4.78, 5) is 33.0. The van der Waals surface area contributed by atoms with E-state index >= 15 is 0 Å². The van der Waals surface area contributed by atoms with E-state index in [1.54, 1.807) is 24.5 Å². The summed E-state index contributed by atoms with van der Waals surface area (Å²) in [6.07, 6.45) is 1.48. The standard InChI is InChI=1S/C20H26N4O3S/c1-23(2)17(25)10-13-24-11-8-16(9-12-24)27-20(26)22-19-18(28-14-21-19)15-6-4-3-5-7-15/h3-7,14,16H,8-13H2,1-2H3,(H,22,26). The van der Waals surface area contributed by atoms with Crippen LogP contribution in [0.3, 0.4) is 0 Å². The van der Waals surface area contributed by atoms with E-state index in [4.69, 9.17) is 4.74 Å². The predicted octanol–water partition coefficient (Wildman–Crippen LogP) is 3.30. The molecule has 1 aromatic carbocycles. The number of nitrogens with zero attached hydrogens (tertiary/aromatic N) is 3. The molecule has 1 aliphatic heterocycles. The van der Waals surface area contributed by atoms with Gasteiger partial charge in [0.2, 0.25) is 5.91 Å². The third-order valence-corrected chi connectivity index (χ3v) is 5.65. The SMILES string of the molecule is CN(C)C(=O)CCN1CCC(OC(=O)Nc2ncsc2-c2ccccc2)CC1. The molecule has 1 aromatic heterocycles. The Morgan fingerprint density at radius 2 is 1.96 bits per heavy atom. The molecule has 0 spiro atoms. The lowest BCUT2D eigenvalue weighted by Crippen LogP contribution is -2.40. The van der Waals surface area contributed by atoms with Crippen molar-refractivity contribution in [3.05, 3.63) is 35.8 Å². The van der Waals surface area contributed by atoms with Gasteiger partial charge in [-0.25, -0.2) is 9.78 Å². The monoisotopic (exact) mass is 402 g/mol. The molecule has 0 radical (unpaired) electrons. The molecule has 2 heterocycles. The zero-order chi connectivity index (χ0) is 19.9. The van der Waals surface area contributed by atoms with E-state index in [0.29, 0.717) is 12.2 Å². The topological polar surface area (TPSA) is 74.8 Å². The van der Waals surface area contributed by atoms with E-state index in [2.05, 4.69) is 15.2 Å². The normalized spacial score (nSPS) is 15.2. The smallest absolute Gasteiger partial charge is 0.413 e. The molecule has 1 N–H and O–H groups in total. The minimum atomic E-state index is -0.468. The van der Waals surface area contributed by atoms with Crippen LogP contribution in [-0.2, 0) is 9.53 Å². The summed E-state index contributed by atoms with van der Waals surface area (Å²) in [6.45, 7) is 2.39. The fourth-order valence-corrected chi connectivity index (χ4v) is 3.89. The van der Waals surface area contributed by atoms with Gasteiger partial charge in [-0.2, -0.15) is 0 Å². The summed E-state index contributed by atoms with van der Waals surface area (Å²) in [5, 5.41) is 2.77. The molecule has 150 valence electrons. The molecule has 8 heteroatoms. The van der Waals surface area contributed by atoms with E-state index in [9.17, 15) is 9.59 Å². The highest BCUT2D eigenvalue weighted by Gasteiger charge is 2.23. The lowest BCUT2D eigenvalue weighted by atomic mass is 10.1. The molecule has 7 nitrogen and oxygen atoms in total. The number of amides is 2. The number of benzene rings is 1. The van der Waals surface area contributed by atoms with Gasteiger partial charge >= 0.3 is 6.09 Å². The Morgan fingerprint density at radius 1 is 1.25 bits per heavy atom. The van der Waals surface area contributed by atoms with E-state index in [0.717, 1.165) is 42.9 Å². The second-order valence-corrected chi connectivity index (χ2v) is 7.86. The average Bonchev–Trinajstić information content (AvgIpc) is 3.15. The zero-order valence-corrected chi connectivity index (χ0v) is 17.1. The second kappa shape index (κ2) is 9.66. The van der Waals surface area contributed by atoms with Crippen molar-refractivity contribution in [3.63, 3.8) is 0 Å². The highest BCUT2D eigenvalue weighted by Crippen LogP contribution is 2.31. The first-order valence-electron chi connectivity index (χ1n) is 9.42. The first-order chi connectivity index (χ1) is 13.5. The first-order valence-corrected chi connectivity index (χ1v) is 10.3. The number of thiazole rings is 1. The average molecular weight is 403 g/mol. The lowest BCUT2D eigenvalue weighted by molar-refractivity contribution is -0.129. The van der Waals surface area contributed by atoms with Crippen molar-refractivity contribution in [2.75, 3.05) is 39.0 Å². The third-order valence-electron chi connectivity index (χ3n) is 4.77. The summed E-state index contributed by atoms with van der Waals surface area (Å²) in [5.74, 6) is 0.663. The second-order valence-electron chi connectivity index (χ2n) is 7.01. The Balaban J connectivity index is 1.45. The third kappa shape index (κ3) is 5.53. The van der Waals surface area contributed by atoms with Crippen molar-refractivity contribution < 1.29 is 14.3 Å². The number of ether oxygens (including phenoxy) is 1. The number of likely N-dealkylation sites (tertiary alicyclic amines) is 1. The van der Waals surface area contributed by atoms with Crippen molar-refractivity contribution in [2.45, 2.75) is 25.4 Å². The quantitative estimate of drug-likeness (QED) is 0.802. The maximum atomic E-state index is 12.3. The maximum Gasteiger partial charge on any atom is 0.413 e. The fraction of sp³-hybridized carbons (Fsp3) is 0.450. The van der Waals surface area contributed by atoms with Gasteiger partial charge in [-0.05, 0) is 18.4 Å². The van der Waals surface area contributed by atoms with Gasteiger partial charge in [0.15, 0.2) is 5.82 Å². The van der Waals surface area contributed by atoms with Crippen LogP contribution < -0.4 is 5.32 Å². The van der Waals surface area contributed by atoms with Gasteiger partial charge in [-0.15, -0.1) is 11.3 Å². The molecular weight excluding hydrogens is 376 g/mol. The van der Waals surface area contributed by atoms with Crippen LogP contribution in [0.2, 0.25) is 0 Å². The highest BCUT2D eigenvalue weighted by atomic mass is 32.1. The van der Waals surface area contributed by atoms with Crippen LogP contribution in [0.25, 0.3) is 10.4 Å². The molecular formula is C20H26N4O3S. The summed E-state index contributed by atoms with van der Waals surface area (Å²) in [7, 11) is 3.54. The molecule has 0 atom stereocenters. The molecule has 0 saturated carbocycles. The largest absolute Gasteiger partial charge is 0.446 e. The fourth-order valence-electron chi connectivity index (χ4n) is 3.14. The van der Waals surface area contributed by atoms with Crippen molar-refractivity contribution in [2.24, 2.45) is 0 Å². The van der Waals surface area contributed by atoms with E-state index in [-0.39, 0.29) is 12.0 Å². The summed E-state index contributed by atoms with van der Waals surface area (Å²) >= 11 is 1.48. The number of hydrogen-bond acceptors (Lipinski definition) is 6.